The van der Waals surface area contributed by atoms with Crippen LogP contribution < -0.4 is 10.6 Å². The van der Waals surface area contributed by atoms with Crippen molar-refractivity contribution in [2.45, 2.75) is 13.3 Å². The highest BCUT2D eigenvalue weighted by Crippen LogP contribution is 2.20. The molecule has 0 aliphatic rings. The Kier molecular flexibility index (Phi) is 5.88. The van der Waals surface area contributed by atoms with Crippen LogP contribution in [0.15, 0.2) is 48.5 Å². The van der Waals surface area contributed by atoms with Gasteiger partial charge in [0.2, 0.25) is 0 Å². The Hall–Kier alpha value is -3.42. The standard InChI is InChI=1S/C20H17F3N4O/c1-12-25-18(20(28)24-9-8-13-2-4-14(21)5-3-13)11-19(26-12)27-17-7-6-15(22)10-16(17)23/h2-7,10-11H,8-9H2,1H3,(H,24,28)(H,25,26,27). The first kappa shape index (κ1) is 19.3. The lowest BCUT2D eigenvalue weighted by atomic mass is 10.1. The number of carbonyl (C=O) groups excluding carboxylic acids is 1. The molecule has 0 unspecified atom stereocenters. The molecule has 3 aromatic rings. The molecule has 1 heterocycles. The highest BCUT2D eigenvalue weighted by atomic mass is 19.1. The summed E-state index contributed by atoms with van der Waals surface area (Å²) in [6.45, 7) is 1.93. The van der Waals surface area contributed by atoms with Crippen molar-refractivity contribution in [2.75, 3.05) is 11.9 Å². The number of carbonyl (C=O) groups is 1. The second-order valence-electron chi connectivity index (χ2n) is 6.07. The van der Waals surface area contributed by atoms with E-state index in [1.165, 1.54) is 24.3 Å². The Morgan fingerprint density at radius 2 is 1.68 bits per heavy atom. The first-order valence-electron chi connectivity index (χ1n) is 8.51. The van der Waals surface area contributed by atoms with E-state index in [0.717, 1.165) is 17.7 Å². The summed E-state index contributed by atoms with van der Waals surface area (Å²) in [5.74, 6) is -1.68. The largest absolute Gasteiger partial charge is 0.350 e. The van der Waals surface area contributed by atoms with E-state index in [1.807, 2.05) is 0 Å². The predicted molar refractivity (Wildman–Crippen MR) is 98.8 cm³/mol. The molecule has 0 aliphatic heterocycles. The Labute approximate surface area is 159 Å². The average Bonchev–Trinajstić information content (AvgIpc) is 2.65. The van der Waals surface area contributed by atoms with Crippen LogP contribution in [0, 0.1) is 24.4 Å². The number of aryl methyl sites for hydroxylation is 1. The van der Waals surface area contributed by atoms with Crippen molar-refractivity contribution in [1.29, 1.82) is 0 Å². The summed E-state index contributed by atoms with van der Waals surface area (Å²) in [5.41, 5.74) is 1.02. The van der Waals surface area contributed by atoms with Crippen molar-refractivity contribution in [2.24, 2.45) is 0 Å². The summed E-state index contributed by atoms with van der Waals surface area (Å²) in [6, 6.07) is 10.5. The van der Waals surface area contributed by atoms with E-state index in [-0.39, 0.29) is 23.0 Å². The molecule has 8 heteroatoms. The Morgan fingerprint density at radius 3 is 2.39 bits per heavy atom. The SMILES string of the molecule is Cc1nc(Nc2ccc(F)cc2F)cc(C(=O)NCCc2ccc(F)cc2)n1. The lowest BCUT2D eigenvalue weighted by molar-refractivity contribution is 0.0949. The highest BCUT2D eigenvalue weighted by Gasteiger charge is 2.12. The van der Waals surface area contributed by atoms with Gasteiger partial charge in [0.1, 0.15) is 34.8 Å². The number of benzene rings is 2. The highest BCUT2D eigenvalue weighted by molar-refractivity contribution is 5.93. The van der Waals surface area contributed by atoms with Gasteiger partial charge >= 0.3 is 0 Å². The smallest absolute Gasteiger partial charge is 0.270 e. The number of hydrogen-bond donors (Lipinski definition) is 2. The lowest BCUT2D eigenvalue weighted by Crippen LogP contribution is -2.27. The zero-order chi connectivity index (χ0) is 20.1. The molecular formula is C20H17F3N4O. The fourth-order valence-electron chi connectivity index (χ4n) is 2.54. The maximum absolute atomic E-state index is 13.8. The van der Waals surface area contributed by atoms with E-state index in [2.05, 4.69) is 20.6 Å². The fourth-order valence-corrected chi connectivity index (χ4v) is 2.54. The third-order valence-electron chi connectivity index (χ3n) is 3.88. The number of hydrogen-bond acceptors (Lipinski definition) is 4. The van der Waals surface area contributed by atoms with E-state index in [9.17, 15) is 18.0 Å². The molecule has 0 saturated carbocycles. The maximum Gasteiger partial charge on any atom is 0.270 e. The minimum absolute atomic E-state index is 0.0298. The van der Waals surface area contributed by atoms with Crippen molar-refractivity contribution in [1.82, 2.24) is 15.3 Å². The van der Waals surface area contributed by atoms with Crippen molar-refractivity contribution < 1.29 is 18.0 Å². The van der Waals surface area contributed by atoms with Crippen LogP contribution in [0.1, 0.15) is 21.9 Å². The fraction of sp³-hybridized carbons (Fsp3) is 0.150. The van der Waals surface area contributed by atoms with Crippen molar-refractivity contribution in [3.8, 4) is 0 Å². The van der Waals surface area contributed by atoms with Gasteiger partial charge in [0.15, 0.2) is 0 Å². The molecule has 1 aromatic heterocycles. The van der Waals surface area contributed by atoms with Crippen molar-refractivity contribution >= 4 is 17.4 Å². The van der Waals surface area contributed by atoms with E-state index in [1.54, 1.807) is 19.1 Å². The molecule has 5 nitrogen and oxygen atoms in total. The molecule has 2 N–H and O–H groups in total. The molecule has 0 radical (unpaired) electrons. The van der Waals surface area contributed by atoms with Gasteiger partial charge < -0.3 is 10.6 Å². The normalized spacial score (nSPS) is 10.6. The third-order valence-corrected chi connectivity index (χ3v) is 3.88. The molecule has 1 amide bonds. The van der Waals surface area contributed by atoms with Crippen LogP contribution in [0.3, 0.4) is 0 Å². The van der Waals surface area contributed by atoms with Crippen LogP contribution in [0.2, 0.25) is 0 Å². The van der Waals surface area contributed by atoms with Gasteiger partial charge in [-0.1, -0.05) is 12.1 Å². The zero-order valence-electron chi connectivity index (χ0n) is 15.0. The molecule has 0 fully saturated rings. The lowest BCUT2D eigenvalue weighted by Gasteiger charge is -2.10. The molecule has 0 saturated heterocycles. The minimum atomic E-state index is -0.776. The topological polar surface area (TPSA) is 66.9 Å². The summed E-state index contributed by atoms with van der Waals surface area (Å²) >= 11 is 0. The van der Waals surface area contributed by atoms with Crippen LogP contribution in [0.5, 0.6) is 0 Å². The molecule has 2 aromatic carbocycles. The number of aromatic nitrogens is 2. The van der Waals surface area contributed by atoms with E-state index in [0.29, 0.717) is 18.8 Å². The van der Waals surface area contributed by atoms with Crippen molar-refractivity contribution in [3.63, 3.8) is 0 Å². The Morgan fingerprint density at radius 1 is 0.964 bits per heavy atom. The van der Waals surface area contributed by atoms with Gasteiger partial charge in [-0.05, 0) is 43.2 Å². The molecule has 0 spiro atoms. The quantitative estimate of drug-likeness (QED) is 0.674. The molecule has 28 heavy (non-hydrogen) atoms. The van der Waals surface area contributed by atoms with Gasteiger partial charge in [-0.3, -0.25) is 4.79 Å². The first-order chi connectivity index (χ1) is 13.4. The summed E-state index contributed by atoms with van der Waals surface area (Å²) in [7, 11) is 0. The van der Waals surface area contributed by atoms with Gasteiger partial charge in [0, 0.05) is 18.7 Å². The van der Waals surface area contributed by atoms with Crippen LogP contribution in [-0.4, -0.2) is 22.4 Å². The summed E-state index contributed by atoms with van der Waals surface area (Å²) in [6.07, 6.45) is 0.530. The Balaban J connectivity index is 1.66. The Bertz CT molecular complexity index is 993. The second-order valence-corrected chi connectivity index (χ2v) is 6.07. The number of nitrogens with one attached hydrogen (secondary N) is 2. The average molecular weight is 386 g/mol. The summed E-state index contributed by atoms with van der Waals surface area (Å²) in [5, 5.41) is 5.44. The zero-order valence-corrected chi connectivity index (χ0v) is 15.0. The van der Waals surface area contributed by atoms with Crippen LogP contribution in [0.25, 0.3) is 0 Å². The van der Waals surface area contributed by atoms with Crippen molar-refractivity contribution in [3.05, 3.63) is 83.1 Å². The molecular weight excluding hydrogens is 369 g/mol. The van der Waals surface area contributed by atoms with Crippen LogP contribution in [-0.2, 0) is 6.42 Å². The number of nitrogens with zero attached hydrogens (tertiary/aromatic N) is 2. The van der Waals surface area contributed by atoms with Crippen LogP contribution in [0.4, 0.5) is 24.7 Å². The predicted octanol–water partition coefficient (Wildman–Crippen LogP) is 3.92. The van der Waals surface area contributed by atoms with E-state index < -0.39 is 17.5 Å². The van der Waals surface area contributed by atoms with Crippen LogP contribution >= 0.6 is 0 Å². The summed E-state index contributed by atoms with van der Waals surface area (Å²) < 4.78 is 39.7. The summed E-state index contributed by atoms with van der Waals surface area (Å²) in [4.78, 5) is 20.5. The van der Waals surface area contributed by atoms with Gasteiger partial charge in [-0.25, -0.2) is 23.1 Å². The van der Waals surface area contributed by atoms with Gasteiger partial charge in [-0.15, -0.1) is 0 Å². The number of halogens is 3. The second kappa shape index (κ2) is 8.51. The monoisotopic (exact) mass is 386 g/mol. The molecule has 0 aliphatic carbocycles. The van der Waals surface area contributed by atoms with E-state index in [4.69, 9.17) is 0 Å². The molecule has 144 valence electrons. The number of rotatable bonds is 6. The van der Waals surface area contributed by atoms with Gasteiger partial charge in [0.05, 0.1) is 5.69 Å². The maximum atomic E-state index is 13.8. The van der Waals surface area contributed by atoms with Gasteiger partial charge in [-0.2, -0.15) is 0 Å². The number of anilines is 2. The first-order valence-corrected chi connectivity index (χ1v) is 8.51. The van der Waals surface area contributed by atoms with Gasteiger partial charge in [0.25, 0.3) is 5.91 Å². The third kappa shape index (κ3) is 5.06. The number of amides is 1. The minimum Gasteiger partial charge on any atom is -0.350 e. The molecule has 3 rings (SSSR count). The van der Waals surface area contributed by atoms with E-state index >= 15 is 0 Å². The molecule has 0 atom stereocenters. The molecule has 0 bridgehead atoms.